The molecule has 1 aromatic carbocycles. The largest absolute Gasteiger partial charge is 0.444 e. The molecule has 13 heteroatoms. The third-order valence-electron chi connectivity index (χ3n) is 6.75. The number of alkyl carbamates (subject to hydrolysis) is 1. The molecule has 2 aromatic rings. The Morgan fingerprint density at radius 2 is 1.79 bits per heavy atom. The van der Waals surface area contributed by atoms with Gasteiger partial charge < -0.3 is 31.1 Å². The quantitative estimate of drug-likeness (QED) is 0.292. The normalized spacial score (nSPS) is 15.0. The van der Waals surface area contributed by atoms with Gasteiger partial charge in [-0.2, -0.15) is 10.5 Å². The van der Waals surface area contributed by atoms with E-state index in [0.29, 0.717) is 59.9 Å². The van der Waals surface area contributed by atoms with E-state index in [4.69, 9.17) is 15.5 Å². The number of nitrogens with one attached hydrogen (secondary N) is 2. The Kier molecular flexibility index (Phi) is 11.4. The molecule has 1 saturated heterocycles. The summed E-state index contributed by atoms with van der Waals surface area (Å²) in [6.07, 6.45) is 0.599. The van der Waals surface area contributed by atoms with Crippen LogP contribution in [-0.4, -0.2) is 65.4 Å². The molecule has 12 nitrogen and oxygen atoms in total. The highest BCUT2D eigenvalue weighted by Crippen LogP contribution is 2.39. The second-order valence-electron chi connectivity index (χ2n) is 11.0. The van der Waals surface area contributed by atoms with Gasteiger partial charge in [-0.3, -0.25) is 9.59 Å². The molecular weight excluding hydrogens is 570 g/mol. The van der Waals surface area contributed by atoms with Crippen LogP contribution in [0.15, 0.2) is 35.4 Å². The molecule has 2 heterocycles. The van der Waals surface area contributed by atoms with Crippen molar-refractivity contribution in [2.75, 3.05) is 24.6 Å². The van der Waals surface area contributed by atoms with Crippen molar-refractivity contribution in [2.24, 2.45) is 5.73 Å². The number of anilines is 1. The average molecular weight is 608 g/mol. The number of piperidine rings is 1. The number of rotatable bonds is 10. The van der Waals surface area contributed by atoms with E-state index < -0.39 is 41.4 Å². The van der Waals surface area contributed by atoms with Gasteiger partial charge in [0.2, 0.25) is 11.8 Å². The maximum absolute atomic E-state index is 12.8. The summed E-state index contributed by atoms with van der Waals surface area (Å²) in [6.45, 7) is 7.21. The summed E-state index contributed by atoms with van der Waals surface area (Å²) < 4.78 is 5.17. The molecule has 5 N–H and O–H groups in total. The lowest BCUT2D eigenvalue weighted by molar-refractivity contribution is -0.125. The average Bonchev–Trinajstić information content (AvgIpc) is 2.97. The number of carbonyl (C=O) groups is 3. The molecule has 1 fully saturated rings. The molecule has 3 amide bonds. The molecule has 2 unspecified atom stereocenters. The number of thioether (sulfide) groups is 1. The van der Waals surface area contributed by atoms with E-state index in [1.54, 1.807) is 45.0 Å². The fourth-order valence-electron chi connectivity index (χ4n) is 4.71. The van der Waals surface area contributed by atoms with E-state index in [-0.39, 0.29) is 11.6 Å². The number of primary amides is 1. The van der Waals surface area contributed by atoms with Gasteiger partial charge in [-0.05, 0) is 51.2 Å². The van der Waals surface area contributed by atoms with Gasteiger partial charge in [0.25, 0.3) is 0 Å². The molecular formula is C30H37N7O5S. The molecule has 0 aliphatic carbocycles. The predicted molar refractivity (Wildman–Crippen MR) is 161 cm³/mol. The number of hydrogen-bond acceptors (Lipinski definition) is 10. The number of aliphatic hydroxyl groups excluding tert-OH is 1. The Labute approximate surface area is 255 Å². The Balaban J connectivity index is 1.80. The van der Waals surface area contributed by atoms with Crippen LogP contribution >= 0.6 is 11.8 Å². The first kappa shape index (κ1) is 33.2. The highest BCUT2D eigenvalue weighted by Gasteiger charge is 2.31. The van der Waals surface area contributed by atoms with Crippen LogP contribution in [0.4, 0.5) is 10.6 Å². The van der Waals surface area contributed by atoms with Crippen LogP contribution in [0, 0.1) is 22.7 Å². The molecule has 1 aliphatic rings. The minimum absolute atomic E-state index is 0.240. The number of aromatic nitrogens is 1. The Bertz CT molecular complexity index is 1410. The van der Waals surface area contributed by atoms with E-state index in [0.717, 1.165) is 11.8 Å². The number of nitriles is 2. The lowest BCUT2D eigenvalue weighted by Gasteiger charge is -2.35. The molecule has 2 atom stereocenters. The van der Waals surface area contributed by atoms with Gasteiger partial charge in [0.1, 0.15) is 39.9 Å². The van der Waals surface area contributed by atoms with Crippen molar-refractivity contribution in [2.45, 2.75) is 74.9 Å². The summed E-state index contributed by atoms with van der Waals surface area (Å²) in [5, 5.41) is 34.6. The molecule has 0 spiro atoms. The topological polar surface area (TPSA) is 194 Å². The zero-order valence-corrected chi connectivity index (χ0v) is 25.5. The van der Waals surface area contributed by atoms with Crippen LogP contribution < -0.4 is 21.3 Å². The first-order chi connectivity index (χ1) is 20.4. The number of amides is 3. The number of nitrogens with two attached hydrogens (primary N) is 1. The van der Waals surface area contributed by atoms with Crippen molar-refractivity contribution in [3.63, 3.8) is 0 Å². The molecule has 228 valence electrons. The van der Waals surface area contributed by atoms with E-state index in [2.05, 4.69) is 22.8 Å². The zero-order valence-electron chi connectivity index (χ0n) is 24.7. The van der Waals surface area contributed by atoms with Gasteiger partial charge in [-0.15, -0.1) is 0 Å². The van der Waals surface area contributed by atoms with Crippen LogP contribution in [0.1, 0.15) is 68.0 Å². The summed E-state index contributed by atoms with van der Waals surface area (Å²) in [5.74, 6) is -0.710. The van der Waals surface area contributed by atoms with Crippen LogP contribution in [0.5, 0.6) is 0 Å². The molecule has 0 saturated carbocycles. The molecule has 0 radical (unpaired) electrons. The van der Waals surface area contributed by atoms with Crippen LogP contribution in [-0.2, 0) is 20.7 Å². The molecule has 43 heavy (non-hydrogen) atoms. The standard InChI is InChI=1S/C30H37N7O5S/c1-5-20-21(15-31)26(36-28(22(20)16-32)43-24(25(33)39)18-9-7-6-8-10-18)37-13-11-19(12-14-37)34-27(40)23(17-38)35-29(41)42-30(2,3)4/h6-10,19,23-24,38H,5,11-14,17H2,1-4H3,(H2,33,39)(H,34,40)(H,35,41). The third-order valence-corrected chi connectivity index (χ3v) is 8.01. The van der Waals surface area contributed by atoms with Crippen molar-refractivity contribution in [1.82, 2.24) is 15.6 Å². The zero-order chi connectivity index (χ0) is 31.7. The number of carbonyl (C=O) groups excluding carboxylic acids is 3. The van der Waals surface area contributed by atoms with Crippen molar-refractivity contribution >= 4 is 35.5 Å². The van der Waals surface area contributed by atoms with Crippen LogP contribution in [0.3, 0.4) is 0 Å². The summed E-state index contributed by atoms with van der Waals surface area (Å²) >= 11 is 1.08. The second-order valence-corrected chi connectivity index (χ2v) is 12.1. The number of pyridine rings is 1. The third kappa shape index (κ3) is 8.60. The van der Waals surface area contributed by atoms with E-state index in [1.807, 2.05) is 17.9 Å². The maximum atomic E-state index is 12.8. The number of aliphatic hydroxyl groups is 1. The summed E-state index contributed by atoms with van der Waals surface area (Å²) in [6, 6.07) is 11.9. The Hall–Kier alpha value is -4.33. The van der Waals surface area contributed by atoms with Crippen molar-refractivity contribution in [3.8, 4) is 12.1 Å². The van der Waals surface area contributed by atoms with Gasteiger partial charge >= 0.3 is 6.09 Å². The van der Waals surface area contributed by atoms with E-state index in [1.165, 1.54) is 0 Å². The highest BCUT2D eigenvalue weighted by atomic mass is 32.2. The minimum Gasteiger partial charge on any atom is -0.444 e. The van der Waals surface area contributed by atoms with E-state index in [9.17, 15) is 30.0 Å². The van der Waals surface area contributed by atoms with Crippen molar-refractivity contribution in [3.05, 3.63) is 52.6 Å². The molecule has 3 rings (SSSR count). The maximum Gasteiger partial charge on any atom is 0.408 e. The monoisotopic (exact) mass is 607 g/mol. The Morgan fingerprint density at radius 3 is 2.30 bits per heavy atom. The van der Waals surface area contributed by atoms with Crippen molar-refractivity contribution in [1.29, 1.82) is 10.5 Å². The number of ether oxygens (including phenoxy) is 1. The fourth-order valence-corrected chi connectivity index (χ4v) is 5.77. The van der Waals surface area contributed by atoms with E-state index >= 15 is 0 Å². The summed E-state index contributed by atoms with van der Waals surface area (Å²) in [4.78, 5) is 44.0. The molecule has 1 aromatic heterocycles. The van der Waals surface area contributed by atoms with Gasteiger partial charge in [0.15, 0.2) is 0 Å². The van der Waals surface area contributed by atoms with Gasteiger partial charge in [0, 0.05) is 19.1 Å². The first-order valence-corrected chi connectivity index (χ1v) is 14.8. The smallest absolute Gasteiger partial charge is 0.408 e. The van der Waals surface area contributed by atoms with Gasteiger partial charge in [-0.25, -0.2) is 9.78 Å². The van der Waals surface area contributed by atoms with Crippen LogP contribution in [0.25, 0.3) is 0 Å². The summed E-state index contributed by atoms with van der Waals surface area (Å²) in [5.41, 5.74) is 6.74. The van der Waals surface area contributed by atoms with Crippen LogP contribution in [0.2, 0.25) is 0 Å². The second kappa shape index (κ2) is 14.7. The Morgan fingerprint density at radius 1 is 1.16 bits per heavy atom. The summed E-state index contributed by atoms with van der Waals surface area (Å²) in [7, 11) is 0. The first-order valence-electron chi connectivity index (χ1n) is 14.0. The number of benzene rings is 1. The fraction of sp³-hybridized carbons (Fsp3) is 0.467. The SMILES string of the molecule is CCc1c(C#N)c(SC(C(N)=O)c2ccccc2)nc(N2CCC(NC(=O)C(CO)NC(=O)OC(C)(C)C)CC2)c1C#N. The predicted octanol–water partition coefficient (Wildman–Crippen LogP) is 2.68. The minimum atomic E-state index is -1.17. The van der Waals surface area contributed by atoms with Gasteiger partial charge in [-0.1, -0.05) is 49.0 Å². The number of hydrogen-bond donors (Lipinski definition) is 4. The molecule has 1 aliphatic heterocycles. The lowest BCUT2D eigenvalue weighted by Crippen LogP contribution is -2.54. The van der Waals surface area contributed by atoms with Gasteiger partial charge in [0.05, 0.1) is 17.7 Å². The molecule has 0 bridgehead atoms. The highest BCUT2D eigenvalue weighted by molar-refractivity contribution is 8.00. The number of nitrogens with zero attached hydrogens (tertiary/aromatic N) is 4. The van der Waals surface area contributed by atoms with Crippen molar-refractivity contribution < 1.29 is 24.2 Å². The lowest BCUT2D eigenvalue weighted by atomic mass is 9.99.